The first kappa shape index (κ1) is 10.0. The molecule has 3 nitrogen and oxygen atoms in total. The first-order valence-corrected chi connectivity index (χ1v) is 5.17. The molecule has 0 aromatic carbocycles. The highest BCUT2D eigenvalue weighted by Crippen LogP contribution is 2.25. The highest BCUT2D eigenvalue weighted by molar-refractivity contribution is 5.54. The van der Waals surface area contributed by atoms with Crippen molar-refractivity contribution in [2.24, 2.45) is 0 Å². The van der Waals surface area contributed by atoms with Gasteiger partial charge in [-0.3, -0.25) is 0 Å². The Morgan fingerprint density at radius 3 is 3.00 bits per heavy atom. The Morgan fingerprint density at radius 2 is 2.27 bits per heavy atom. The van der Waals surface area contributed by atoms with Crippen molar-refractivity contribution in [3.63, 3.8) is 0 Å². The summed E-state index contributed by atoms with van der Waals surface area (Å²) in [6.07, 6.45) is 3.60. The maximum absolute atomic E-state index is 11.2. The third-order valence-corrected chi connectivity index (χ3v) is 2.56. The molecule has 0 bridgehead atoms. The number of hydrogen-bond acceptors (Lipinski definition) is 3. The van der Waals surface area contributed by atoms with Gasteiger partial charge < -0.3 is 9.15 Å². The summed E-state index contributed by atoms with van der Waals surface area (Å²) in [4.78, 5) is 11.2. The summed E-state index contributed by atoms with van der Waals surface area (Å²) in [5, 5.41) is 0. The average Bonchev–Trinajstić information content (AvgIpc) is 2.17. The normalized spacial score (nSPS) is 14.4. The lowest BCUT2D eigenvalue weighted by Crippen LogP contribution is -2.09. The molecule has 3 heteroatoms. The number of rotatable bonds is 2. The third kappa shape index (κ3) is 1.96. The molecule has 0 amide bonds. The molecule has 1 aliphatic carbocycles. The Kier molecular flexibility index (Phi) is 2.62. The lowest BCUT2D eigenvalue weighted by atomic mass is 9.98. The summed E-state index contributed by atoms with van der Waals surface area (Å²) in [5.74, 6) is 1.56. The van der Waals surface area contributed by atoms with Gasteiger partial charge in [0, 0.05) is 18.6 Å². The standard InChI is InChI=1S/C12H14O3/c1-3-14-9-4-5-10-8(2)6-12(13)15-11(10)7-9/h6-7H,3-5H2,1-2H3. The summed E-state index contributed by atoms with van der Waals surface area (Å²) < 4.78 is 10.6. The van der Waals surface area contributed by atoms with E-state index in [9.17, 15) is 4.79 Å². The van der Waals surface area contributed by atoms with Crippen molar-refractivity contribution in [2.75, 3.05) is 6.61 Å². The number of aryl methyl sites for hydroxylation is 1. The minimum Gasteiger partial charge on any atom is -0.498 e. The Labute approximate surface area is 88.4 Å². The second kappa shape index (κ2) is 3.93. The second-order valence-corrected chi connectivity index (χ2v) is 3.63. The minimum atomic E-state index is -0.291. The van der Waals surface area contributed by atoms with Crippen LogP contribution in [0.2, 0.25) is 0 Å². The zero-order chi connectivity index (χ0) is 10.8. The molecule has 1 aliphatic rings. The van der Waals surface area contributed by atoms with Gasteiger partial charge in [0.15, 0.2) is 0 Å². The predicted molar refractivity (Wildman–Crippen MR) is 57.6 cm³/mol. The lowest BCUT2D eigenvalue weighted by Gasteiger charge is -2.16. The van der Waals surface area contributed by atoms with E-state index in [-0.39, 0.29) is 5.63 Å². The molecule has 15 heavy (non-hydrogen) atoms. The lowest BCUT2D eigenvalue weighted by molar-refractivity contribution is 0.219. The minimum absolute atomic E-state index is 0.291. The third-order valence-electron chi connectivity index (χ3n) is 2.56. The van der Waals surface area contributed by atoms with E-state index in [4.69, 9.17) is 9.15 Å². The van der Waals surface area contributed by atoms with Gasteiger partial charge in [-0.15, -0.1) is 0 Å². The summed E-state index contributed by atoms with van der Waals surface area (Å²) in [6, 6.07) is 1.54. The zero-order valence-corrected chi connectivity index (χ0v) is 9.00. The summed E-state index contributed by atoms with van der Waals surface area (Å²) in [5.41, 5.74) is 1.84. The number of allylic oxidation sites excluding steroid dienone is 1. The molecule has 1 heterocycles. The monoisotopic (exact) mass is 206 g/mol. The molecule has 0 atom stereocenters. The smallest absolute Gasteiger partial charge is 0.336 e. The van der Waals surface area contributed by atoms with Crippen LogP contribution >= 0.6 is 0 Å². The van der Waals surface area contributed by atoms with Gasteiger partial charge in [0.2, 0.25) is 0 Å². The molecule has 80 valence electrons. The first-order valence-electron chi connectivity index (χ1n) is 5.17. The van der Waals surface area contributed by atoms with E-state index in [2.05, 4.69) is 0 Å². The van der Waals surface area contributed by atoms with Crippen molar-refractivity contribution in [3.8, 4) is 0 Å². The van der Waals surface area contributed by atoms with E-state index < -0.39 is 0 Å². The van der Waals surface area contributed by atoms with Crippen molar-refractivity contribution in [3.05, 3.63) is 39.1 Å². The molecule has 0 N–H and O–H groups in total. The Hall–Kier alpha value is -1.51. The summed E-state index contributed by atoms with van der Waals surface area (Å²) in [7, 11) is 0. The van der Waals surface area contributed by atoms with Gasteiger partial charge in [-0.2, -0.15) is 0 Å². The van der Waals surface area contributed by atoms with Crippen molar-refractivity contribution in [1.29, 1.82) is 0 Å². The molecule has 0 aliphatic heterocycles. The van der Waals surface area contributed by atoms with Crippen molar-refractivity contribution in [1.82, 2.24) is 0 Å². The molecule has 0 saturated heterocycles. The summed E-state index contributed by atoms with van der Waals surface area (Å²) in [6.45, 7) is 4.54. The van der Waals surface area contributed by atoms with Crippen molar-refractivity contribution >= 4 is 6.08 Å². The molecule has 1 aromatic rings. The van der Waals surface area contributed by atoms with Gasteiger partial charge >= 0.3 is 5.63 Å². The molecule has 0 radical (unpaired) electrons. The molecule has 0 unspecified atom stereocenters. The maximum atomic E-state index is 11.2. The van der Waals surface area contributed by atoms with Crippen LogP contribution in [0.1, 0.15) is 30.2 Å². The molecule has 1 aromatic heterocycles. The predicted octanol–water partition coefficient (Wildman–Crippen LogP) is 2.27. The van der Waals surface area contributed by atoms with Crippen LogP contribution in [0.15, 0.2) is 21.0 Å². The van der Waals surface area contributed by atoms with Gasteiger partial charge in [-0.25, -0.2) is 4.79 Å². The van der Waals surface area contributed by atoms with E-state index in [1.807, 2.05) is 19.9 Å². The van der Waals surface area contributed by atoms with Gasteiger partial charge in [-0.05, 0) is 31.4 Å². The van der Waals surface area contributed by atoms with E-state index in [1.54, 1.807) is 6.07 Å². The van der Waals surface area contributed by atoms with E-state index in [0.29, 0.717) is 12.4 Å². The van der Waals surface area contributed by atoms with Crippen molar-refractivity contribution in [2.45, 2.75) is 26.7 Å². The fraction of sp³-hybridized carbons (Fsp3) is 0.417. The molecular formula is C12H14O3. The Balaban J connectivity index is 2.45. The van der Waals surface area contributed by atoms with Crippen LogP contribution in [0.3, 0.4) is 0 Å². The first-order chi connectivity index (χ1) is 7.20. The highest BCUT2D eigenvalue weighted by Gasteiger charge is 2.15. The topological polar surface area (TPSA) is 39.4 Å². The Bertz CT molecular complexity index is 454. The molecular weight excluding hydrogens is 192 g/mol. The molecule has 0 spiro atoms. The fourth-order valence-corrected chi connectivity index (χ4v) is 1.86. The Morgan fingerprint density at radius 1 is 1.47 bits per heavy atom. The van der Waals surface area contributed by atoms with Crippen LogP contribution in [0.4, 0.5) is 0 Å². The quantitative estimate of drug-likeness (QED) is 0.745. The number of ether oxygens (including phenoxy) is 1. The van der Waals surface area contributed by atoms with Crippen LogP contribution in [0.25, 0.3) is 6.08 Å². The van der Waals surface area contributed by atoms with Crippen LogP contribution in [-0.4, -0.2) is 6.61 Å². The van der Waals surface area contributed by atoms with Gasteiger partial charge in [-0.1, -0.05) is 0 Å². The van der Waals surface area contributed by atoms with E-state index >= 15 is 0 Å². The van der Waals surface area contributed by atoms with Crippen LogP contribution < -0.4 is 5.63 Å². The average molecular weight is 206 g/mol. The highest BCUT2D eigenvalue weighted by atomic mass is 16.5. The SMILES string of the molecule is CCOC1=Cc2oc(=O)cc(C)c2CC1. The summed E-state index contributed by atoms with van der Waals surface area (Å²) >= 11 is 0. The maximum Gasteiger partial charge on any atom is 0.336 e. The second-order valence-electron chi connectivity index (χ2n) is 3.63. The van der Waals surface area contributed by atoms with E-state index in [0.717, 1.165) is 29.7 Å². The van der Waals surface area contributed by atoms with Crippen LogP contribution in [-0.2, 0) is 11.2 Å². The van der Waals surface area contributed by atoms with Crippen LogP contribution in [0.5, 0.6) is 0 Å². The number of hydrogen-bond donors (Lipinski definition) is 0. The van der Waals surface area contributed by atoms with Crippen molar-refractivity contribution < 1.29 is 9.15 Å². The zero-order valence-electron chi connectivity index (χ0n) is 9.00. The van der Waals surface area contributed by atoms with E-state index in [1.165, 1.54) is 0 Å². The van der Waals surface area contributed by atoms with Crippen LogP contribution in [0, 0.1) is 6.92 Å². The van der Waals surface area contributed by atoms with Gasteiger partial charge in [0.1, 0.15) is 5.76 Å². The molecule has 2 rings (SSSR count). The van der Waals surface area contributed by atoms with Gasteiger partial charge in [0.25, 0.3) is 0 Å². The molecule has 0 saturated carbocycles. The fourth-order valence-electron chi connectivity index (χ4n) is 1.86. The molecule has 0 fully saturated rings. The largest absolute Gasteiger partial charge is 0.498 e. The number of fused-ring (bicyclic) bond motifs is 1. The van der Waals surface area contributed by atoms with Gasteiger partial charge in [0.05, 0.1) is 12.4 Å².